The van der Waals surface area contributed by atoms with Gasteiger partial charge in [-0.25, -0.2) is 18.4 Å². The maximum Gasteiger partial charge on any atom is 0.338 e. The molecular weight excluding hydrogens is 1040 g/mol. The molecule has 3 aliphatic carbocycles. The molecule has 3 aromatic carbocycles. The van der Waals surface area contributed by atoms with Crippen molar-refractivity contribution >= 4 is 52.2 Å². The average Bonchev–Trinajstić information content (AvgIpc) is 3.54. The third kappa shape index (κ3) is 10.7. The van der Waals surface area contributed by atoms with Crippen LogP contribution in [0.1, 0.15) is 128 Å². The highest BCUT2D eigenvalue weighted by Crippen LogP contribution is 2.65. The number of carbonyl (C=O) groups is 6. The second-order valence-electron chi connectivity index (χ2n) is 23.8. The van der Waals surface area contributed by atoms with Gasteiger partial charge < -0.3 is 43.0 Å². The number of carbonyl (C=O) groups excluding carboxylic acids is 6. The highest BCUT2D eigenvalue weighted by atomic mass is 28.4. The number of Topliss-reactive ketones (excluding diaryl/α,β-unsaturated/α-hetero) is 1. The Balaban J connectivity index is 1.50. The van der Waals surface area contributed by atoms with E-state index in [1.54, 1.807) is 88.4 Å². The van der Waals surface area contributed by atoms with Gasteiger partial charge in [0.25, 0.3) is 5.91 Å². The summed E-state index contributed by atoms with van der Waals surface area (Å²) in [7, 11) is -5.74. The molecule has 1 aliphatic heterocycles. The summed E-state index contributed by atoms with van der Waals surface area (Å²) in [5.74, 6) is -9.34. The van der Waals surface area contributed by atoms with E-state index in [2.05, 4.69) is 5.32 Å². The number of amides is 1. The van der Waals surface area contributed by atoms with Gasteiger partial charge >= 0.3 is 23.9 Å². The minimum Gasteiger partial charge on any atom is -0.456 e. The highest BCUT2D eigenvalue weighted by molar-refractivity contribution is 6.74. The van der Waals surface area contributed by atoms with Crippen LogP contribution in [0.15, 0.2) is 90.0 Å². The van der Waals surface area contributed by atoms with Gasteiger partial charge in [-0.3, -0.25) is 19.2 Å². The molecule has 0 spiro atoms. The fraction of sp³-hybridized carbons (Fsp3) is 0.559. The van der Waals surface area contributed by atoms with Crippen molar-refractivity contribution in [2.24, 2.45) is 16.7 Å². The van der Waals surface area contributed by atoms with E-state index in [1.807, 2.05) is 54.6 Å². The number of hydrogen-bond donors (Lipinski definition) is 2. The van der Waals surface area contributed by atoms with Crippen molar-refractivity contribution < 1.29 is 75.2 Å². The van der Waals surface area contributed by atoms with Gasteiger partial charge in [-0.05, 0) is 97.2 Å². The second kappa shape index (κ2) is 22.2. The summed E-state index contributed by atoms with van der Waals surface area (Å²) < 4.78 is 76.1. The summed E-state index contributed by atoms with van der Waals surface area (Å²) >= 11 is 0. The maximum atomic E-state index is 16.6. The SMILES string of the molecule is CC[Si](CC)(CC)O[C@H]1C[C@H]2OC[C@@]2(OC(C)=O)[C@H]2[C@H](OC(=O)c3ccc(F)c(F)c3)[C@]3(O)C[C@H](OC(=O)[C@H](O[Si](C)(C)C(C)(C)C)[C@@H](NC(=O)c4ccccc4)c4ccccc4)C(C)=C([C@@H](OC(C)=O)C(=O)[C@]12C)C3(C)C. The lowest BCUT2D eigenvalue weighted by atomic mass is 9.44. The largest absolute Gasteiger partial charge is 0.456 e. The number of aliphatic hydroxyl groups is 1. The smallest absolute Gasteiger partial charge is 0.338 e. The zero-order chi connectivity index (χ0) is 57.7. The number of rotatable bonds is 17. The normalized spacial score (nSPS) is 28.5. The predicted molar refractivity (Wildman–Crippen MR) is 290 cm³/mol. The lowest BCUT2D eigenvalue weighted by Gasteiger charge is -2.68. The van der Waals surface area contributed by atoms with Gasteiger partial charge in [0.15, 0.2) is 51.9 Å². The predicted octanol–water partition coefficient (Wildman–Crippen LogP) is 10.1. The maximum absolute atomic E-state index is 16.6. The van der Waals surface area contributed by atoms with Crippen LogP contribution < -0.4 is 5.32 Å². The first-order chi connectivity index (χ1) is 36.4. The number of fused-ring (bicyclic) bond motifs is 5. The zero-order valence-corrected chi connectivity index (χ0v) is 49.4. The Morgan fingerprint density at radius 2 is 1.44 bits per heavy atom. The minimum atomic E-state index is -3.00. The Kier molecular flexibility index (Phi) is 17.2. The van der Waals surface area contributed by atoms with Gasteiger partial charge in [0.1, 0.15) is 23.9 Å². The summed E-state index contributed by atoms with van der Waals surface area (Å²) in [6, 6.07) is 20.3. The number of benzene rings is 3. The molecule has 7 rings (SSSR count). The Morgan fingerprint density at radius 3 is 1.96 bits per heavy atom. The number of nitrogens with one attached hydrogen (secondary N) is 1. The van der Waals surface area contributed by atoms with Crippen LogP contribution in [-0.2, 0) is 51.7 Å². The molecule has 15 nitrogen and oxygen atoms in total. The monoisotopic (exact) mass is 1120 g/mol. The highest BCUT2D eigenvalue weighted by Gasteiger charge is 2.79. The summed E-state index contributed by atoms with van der Waals surface area (Å²) in [4.78, 5) is 88.5. The molecule has 2 bridgehead atoms. The van der Waals surface area contributed by atoms with Gasteiger partial charge in [-0.2, -0.15) is 0 Å². The first kappa shape index (κ1) is 60.2. The van der Waals surface area contributed by atoms with Crippen molar-refractivity contribution in [1.29, 1.82) is 0 Å². The Morgan fingerprint density at radius 1 is 0.833 bits per heavy atom. The number of hydrogen-bond acceptors (Lipinski definition) is 14. The topological polar surface area (TPSA) is 199 Å². The van der Waals surface area contributed by atoms with E-state index in [9.17, 15) is 28.7 Å². The van der Waals surface area contributed by atoms with E-state index in [1.165, 1.54) is 6.92 Å². The van der Waals surface area contributed by atoms with E-state index >= 15 is 14.0 Å². The summed E-state index contributed by atoms with van der Waals surface area (Å²) in [5, 5.41) is 17.0. The first-order valence-corrected chi connectivity index (χ1v) is 32.4. The first-order valence-electron chi connectivity index (χ1n) is 27.0. The van der Waals surface area contributed by atoms with Crippen molar-refractivity contribution in [2.45, 2.75) is 186 Å². The molecule has 78 heavy (non-hydrogen) atoms. The van der Waals surface area contributed by atoms with Crippen LogP contribution >= 0.6 is 0 Å². The Labute approximate surface area is 458 Å². The second-order valence-corrected chi connectivity index (χ2v) is 33.3. The molecule has 3 fully saturated rings. The van der Waals surface area contributed by atoms with Crippen molar-refractivity contribution in [3.8, 4) is 0 Å². The summed E-state index contributed by atoms with van der Waals surface area (Å²) in [5.41, 5.74) is -7.49. The molecule has 2 saturated carbocycles. The minimum absolute atomic E-state index is 0.00347. The quantitative estimate of drug-likeness (QED) is 0.0560. The number of ether oxygens (including phenoxy) is 5. The third-order valence-corrected chi connectivity index (χ3v) is 27.2. The molecule has 1 saturated heterocycles. The lowest BCUT2D eigenvalue weighted by molar-refractivity contribution is -0.344. The Bertz CT molecular complexity index is 2810. The van der Waals surface area contributed by atoms with Crippen LogP contribution in [0.4, 0.5) is 8.78 Å². The summed E-state index contributed by atoms with van der Waals surface area (Å²) in [6.45, 7) is 24.2. The van der Waals surface area contributed by atoms with Gasteiger partial charge in [-0.15, -0.1) is 0 Å². The lowest BCUT2D eigenvalue weighted by Crippen LogP contribution is -2.82. The number of ketones is 1. The van der Waals surface area contributed by atoms with E-state index in [0.29, 0.717) is 35.3 Å². The van der Waals surface area contributed by atoms with Crippen molar-refractivity contribution in [2.75, 3.05) is 6.61 Å². The van der Waals surface area contributed by atoms with Gasteiger partial charge in [-0.1, -0.05) is 104 Å². The van der Waals surface area contributed by atoms with Crippen LogP contribution in [-0.4, -0.2) is 112 Å². The van der Waals surface area contributed by atoms with Crippen LogP contribution in [0.5, 0.6) is 0 Å². The number of halogens is 2. The van der Waals surface area contributed by atoms with E-state index in [0.717, 1.165) is 19.1 Å². The molecule has 2 N–H and O–H groups in total. The Hall–Kier alpha value is -5.45. The van der Waals surface area contributed by atoms with Crippen LogP contribution in [0.3, 0.4) is 0 Å². The van der Waals surface area contributed by atoms with Gasteiger partial charge in [0.05, 0.1) is 35.6 Å². The number of esters is 4. The molecule has 4 aliphatic rings. The molecule has 0 unspecified atom stereocenters. The van der Waals surface area contributed by atoms with Crippen LogP contribution in [0, 0.1) is 28.4 Å². The van der Waals surface area contributed by atoms with Crippen molar-refractivity contribution in [1.82, 2.24) is 5.32 Å². The van der Waals surface area contributed by atoms with Gasteiger partial charge in [0, 0.05) is 37.7 Å². The molecule has 1 amide bonds. The van der Waals surface area contributed by atoms with Crippen molar-refractivity contribution in [3.05, 3.63) is 118 Å². The van der Waals surface area contributed by atoms with E-state index < -0.39 is 151 Å². The molecule has 19 heteroatoms. The zero-order valence-electron chi connectivity index (χ0n) is 47.4. The molecule has 3 aromatic rings. The summed E-state index contributed by atoms with van der Waals surface area (Å²) in [6.07, 6.45) is -9.52. The average molecular weight is 1120 g/mol. The standard InChI is InChI=1S/C59H77F2NO14Si2/c1-15-78(16-2,17-3)75-43-31-44-58(33-70-44,74-36(6)64)49-51(73-53(67)39-28-29-40(60)41(61)30-39)59(69)32-42(34(4)45(56(59,10)11)47(71-35(5)63)50(65)57(43,49)12)72-54(68)48(76-77(13,14)55(7,8)9)46(37-24-20-18-21-25-37)62-52(66)38-26-22-19-23-27-38/h18-30,42-44,46-49,51,69H,15-17,31-33H2,1-14H3,(H,62,66)/t42-,43-,44+,46-,47+,48+,49-,51-,57+,58-,59+/m0/s1. The molecule has 0 aromatic heterocycles. The van der Waals surface area contributed by atoms with E-state index in [4.69, 9.17) is 32.5 Å². The molecular formula is C59H77F2NO14Si2. The fourth-order valence-corrected chi connectivity index (χ4v) is 16.4. The van der Waals surface area contributed by atoms with E-state index in [-0.39, 0.29) is 24.2 Å². The third-order valence-electron chi connectivity index (χ3n) is 18.1. The van der Waals surface area contributed by atoms with Crippen LogP contribution in [0.2, 0.25) is 36.3 Å². The molecule has 424 valence electrons. The molecule has 1 heterocycles. The molecule has 0 radical (unpaired) electrons. The molecule has 11 atom stereocenters. The van der Waals surface area contributed by atoms with Gasteiger partial charge in [0.2, 0.25) is 0 Å². The van der Waals surface area contributed by atoms with Crippen LogP contribution in [0.25, 0.3) is 0 Å². The van der Waals surface area contributed by atoms with Crippen molar-refractivity contribution in [3.63, 3.8) is 0 Å². The fourth-order valence-electron chi connectivity index (χ4n) is 12.3.